The molecule has 2 atom stereocenters. The van der Waals surface area contributed by atoms with Crippen molar-refractivity contribution in [1.82, 2.24) is 15.1 Å². The number of amides is 2. The van der Waals surface area contributed by atoms with Crippen LogP contribution in [0.3, 0.4) is 0 Å². The summed E-state index contributed by atoms with van der Waals surface area (Å²) >= 11 is 0. The number of aliphatic hydroxyl groups is 1. The van der Waals surface area contributed by atoms with Gasteiger partial charge < -0.3 is 26.2 Å². The predicted octanol–water partition coefficient (Wildman–Crippen LogP) is 6.51. The molecule has 0 saturated heterocycles. The van der Waals surface area contributed by atoms with Gasteiger partial charge in [-0.25, -0.2) is 9.07 Å². The van der Waals surface area contributed by atoms with Crippen LogP contribution in [-0.2, 0) is 10.2 Å². The van der Waals surface area contributed by atoms with E-state index in [0.717, 1.165) is 12.1 Å². The summed E-state index contributed by atoms with van der Waals surface area (Å²) in [5.41, 5.74) is 4.09. The third kappa shape index (κ3) is 7.42. The maximum atomic E-state index is 14.6. The third-order valence-corrected chi connectivity index (χ3v) is 8.62. The quantitative estimate of drug-likeness (QED) is 0.110. The number of hydrogen-bond donors (Lipinski definition) is 4. The molecule has 9 nitrogen and oxygen atoms in total. The lowest BCUT2D eigenvalue weighted by atomic mass is 9.74. The molecule has 50 heavy (non-hydrogen) atoms. The molecule has 0 bridgehead atoms. The first kappa shape index (κ1) is 35.9. The zero-order valence-electron chi connectivity index (χ0n) is 27.8. The number of rotatable bonds is 12. The number of aromatic nitrogens is 2. The summed E-state index contributed by atoms with van der Waals surface area (Å²) in [5, 5.41) is 21.6. The topological polar surface area (TPSA) is 132 Å². The van der Waals surface area contributed by atoms with Crippen LogP contribution in [0.25, 0.3) is 16.6 Å². The maximum Gasteiger partial charge on any atom is 0.418 e. The number of nitrogens with two attached hydrogens (primary N) is 1. The van der Waals surface area contributed by atoms with Crippen molar-refractivity contribution >= 4 is 28.4 Å². The Morgan fingerprint density at radius 2 is 1.68 bits per heavy atom. The van der Waals surface area contributed by atoms with Gasteiger partial charge in [0.1, 0.15) is 17.6 Å². The van der Waals surface area contributed by atoms with Crippen LogP contribution in [0.1, 0.15) is 53.4 Å². The summed E-state index contributed by atoms with van der Waals surface area (Å²) in [6.07, 6.45) is -4.35. The second kappa shape index (κ2) is 13.8. The molecule has 1 aromatic heterocycles. The van der Waals surface area contributed by atoms with Crippen LogP contribution in [0.15, 0.2) is 91.1 Å². The lowest BCUT2D eigenvalue weighted by Crippen LogP contribution is -2.53. The molecular weight excluding hydrogens is 654 g/mol. The monoisotopic (exact) mass is 691 g/mol. The van der Waals surface area contributed by atoms with E-state index in [-0.39, 0.29) is 16.9 Å². The standard InChI is InChI=1S/C37H37F4N5O4/c1-22-16-29(43-21-36(49,37(39,40)41)20-35(2,3)28-18-25(38)12-15-31(28)50-4)27-19-44-46(30(27)17-22)26-13-10-24(11-14-26)34(48)45-32(33(42)47)23-8-6-5-7-9-23/h5-19,32,43,49H,20-21H2,1-4H3,(H2,42,47)(H,45,48). The van der Waals surface area contributed by atoms with Crippen molar-refractivity contribution < 1.29 is 37.0 Å². The fourth-order valence-corrected chi connectivity index (χ4v) is 6.09. The molecule has 0 radical (unpaired) electrons. The number of alkyl halides is 3. The SMILES string of the molecule is COc1ccc(F)cc1C(C)(C)CC(O)(CNc1cc(C)cc2c1cnn2-c1ccc(C(=O)NC(C(N)=O)c2ccccc2)cc1)C(F)(F)F. The minimum Gasteiger partial charge on any atom is -0.496 e. The number of methoxy groups -OCH3 is 1. The van der Waals surface area contributed by atoms with E-state index < -0.39 is 53.8 Å². The van der Waals surface area contributed by atoms with Gasteiger partial charge in [0.05, 0.1) is 31.1 Å². The zero-order chi connectivity index (χ0) is 36.4. The van der Waals surface area contributed by atoms with Gasteiger partial charge in [0, 0.05) is 22.2 Å². The zero-order valence-corrected chi connectivity index (χ0v) is 27.8. The van der Waals surface area contributed by atoms with Gasteiger partial charge in [-0.05, 0) is 84.5 Å². The summed E-state index contributed by atoms with van der Waals surface area (Å²) in [7, 11) is 1.34. The molecule has 262 valence electrons. The smallest absolute Gasteiger partial charge is 0.418 e. The van der Waals surface area contributed by atoms with Crippen LogP contribution in [0.2, 0.25) is 0 Å². The molecule has 5 rings (SSSR count). The normalized spacial score (nSPS) is 13.8. The predicted molar refractivity (Wildman–Crippen MR) is 182 cm³/mol. The Morgan fingerprint density at radius 3 is 2.30 bits per heavy atom. The molecule has 13 heteroatoms. The number of primary amides is 1. The van der Waals surface area contributed by atoms with Crippen molar-refractivity contribution in [2.75, 3.05) is 19.0 Å². The van der Waals surface area contributed by atoms with Gasteiger partial charge in [-0.1, -0.05) is 44.2 Å². The van der Waals surface area contributed by atoms with E-state index in [0.29, 0.717) is 33.4 Å². The summed E-state index contributed by atoms with van der Waals surface area (Å²) in [6, 6.07) is 21.0. The maximum absolute atomic E-state index is 14.6. The fraction of sp³-hybridized carbons (Fsp3) is 0.270. The number of ether oxygens (including phenoxy) is 1. The van der Waals surface area contributed by atoms with Crippen LogP contribution in [0, 0.1) is 12.7 Å². The fourth-order valence-electron chi connectivity index (χ4n) is 6.09. The van der Waals surface area contributed by atoms with Crippen molar-refractivity contribution in [2.24, 2.45) is 5.73 Å². The number of carbonyl (C=O) groups is 2. The second-order valence-electron chi connectivity index (χ2n) is 12.9. The van der Waals surface area contributed by atoms with E-state index in [1.54, 1.807) is 78.3 Å². The Hall–Kier alpha value is -5.43. The molecule has 0 aliphatic heterocycles. The lowest BCUT2D eigenvalue weighted by molar-refractivity contribution is -0.260. The molecule has 5 aromatic rings. The molecule has 0 aliphatic rings. The van der Waals surface area contributed by atoms with Crippen molar-refractivity contribution in [2.45, 2.75) is 50.4 Å². The van der Waals surface area contributed by atoms with E-state index in [1.165, 1.54) is 33.2 Å². The number of halogens is 4. The number of hydrogen-bond acceptors (Lipinski definition) is 6. The Kier molecular flexibility index (Phi) is 9.92. The van der Waals surface area contributed by atoms with E-state index >= 15 is 0 Å². The van der Waals surface area contributed by atoms with Crippen molar-refractivity contribution in [3.05, 3.63) is 119 Å². The molecule has 0 saturated carbocycles. The molecule has 2 amide bonds. The third-order valence-electron chi connectivity index (χ3n) is 8.62. The van der Waals surface area contributed by atoms with E-state index in [1.807, 2.05) is 0 Å². The minimum absolute atomic E-state index is 0.189. The van der Waals surface area contributed by atoms with E-state index in [4.69, 9.17) is 10.5 Å². The Labute approximate surface area is 286 Å². The molecule has 4 aromatic carbocycles. The van der Waals surface area contributed by atoms with Gasteiger partial charge in [-0.2, -0.15) is 18.3 Å². The molecule has 1 heterocycles. The molecule has 5 N–H and O–H groups in total. The summed E-state index contributed by atoms with van der Waals surface area (Å²) < 4.78 is 64.7. The summed E-state index contributed by atoms with van der Waals surface area (Å²) in [4.78, 5) is 25.1. The molecular formula is C37H37F4N5O4. The lowest BCUT2D eigenvalue weighted by Gasteiger charge is -2.38. The number of nitrogens with one attached hydrogen (secondary N) is 2. The Bertz CT molecular complexity index is 2010. The van der Waals surface area contributed by atoms with Crippen LogP contribution in [0.4, 0.5) is 23.2 Å². The highest BCUT2D eigenvalue weighted by molar-refractivity contribution is 5.98. The first-order valence-electron chi connectivity index (χ1n) is 15.6. The van der Waals surface area contributed by atoms with Gasteiger partial charge in [0.25, 0.3) is 5.91 Å². The van der Waals surface area contributed by atoms with Crippen molar-refractivity contribution in [3.8, 4) is 11.4 Å². The van der Waals surface area contributed by atoms with Gasteiger partial charge in [-0.15, -0.1) is 0 Å². The summed E-state index contributed by atoms with van der Waals surface area (Å²) in [6.45, 7) is 3.85. The largest absolute Gasteiger partial charge is 0.496 e. The molecule has 0 spiro atoms. The Morgan fingerprint density at radius 1 is 1.00 bits per heavy atom. The first-order valence-corrected chi connectivity index (χ1v) is 15.6. The first-order chi connectivity index (χ1) is 23.5. The molecule has 0 fully saturated rings. The van der Waals surface area contributed by atoms with Crippen molar-refractivity contribution in [3.63, 3.8) is 0 Å². The van der Waals surface area contributed by atoms with Gasteiger partial charge in [0.15, 0.2) is 5.60 Å². The Balaban J connectivity index is 1.39. The summed E-state index contributed by atoms with van der Waals surface area (Å²) in [5.74, 6) is -1.67. The number of anilines is 1. The van der Waals surface area contributed by atoms with Gasteiger partial charge in [-0.3, -0.25) is 9.59 Å². The average Bonchev–Trinajstić information content (AvgIpc) is 3.49. The number of aryl methyl sites for hydroxylation is 1. The highest BCUT2D eigenvalue weighted by Gasteiger charge is 2.56. The van der Waals surface area contributed by atoms with Gasteiger partial charge >= 0.3 is 6.18 Å². The number of fused-ring (bicyclic) bond motifs is 1. The highest BCUT2D eigenvalue weighted by Crippen LogP contribution is 2.44. The number of benzene rings is 4. The minimum atomic E-state index is -5.04. The van der Waals surface area contributed by atoms with Crippen LogP contribution < -0.4 is 21.1 Å². The van der Waals surface area contributed by atoms with E-state index in [9.17, 15) is 32.3 Å². The molecule has 2 unspecified atom stereocenters. The average molecular weight is 692 g/mol. The van der Waals surface area contributed by atoms with Crippen LogP contribution >= 0.6 is 0 Å². The van der Waals surface area contributed by atoms with E-state index in [2.05, 4.69) is 15.7 Å². The molecule has 0 aliphatic carbocycles. The van der Waals surface area contributed by atoms with Crippen molar-refractivity contribution in [1.29, 1.82) is 0 Å². The van der Waals surface area contributed by atoms with Crippen LogP contribution in [0.5, 0.6) is 5.75 Å². The van der Waals surface area contributed by atoms with Crippen LogP contribution in [-0.4, -0.2) is 52.1 Å². The number of nitrogens with zero attached hydrogens (tertiary/aromatic N) is 2. The van der Waals surface area contributed by atoms with Gasteiger partial charge in [0.2, 0.25) is 5.91 Å². The second-order valence-corrected chi connectivity index (χ2v) is 12.9. The highest BCUT2D eigenvalue weighted by atomic mass is 19.4. The number of carbonyl (C=O) groups excluding carboxylic acids is 2.